The fourth-order valence-electron chi connectivity index (χ4n) is 2.20. The Balaban J connectivity index is 1.74. The smallest absolute Gasteiger partial charge is 0.346 e. The van der Waals surface area contributed by atoms with Crippen LogP contribution in [-0.4, -0.2) is 37.8 Å². The van der Waals surface area contributed by atoms with Crippen molar-refractivity contribution >= 4 is 6.03 Å². The maximum atomic E-state index is 12.4. The highest BCUT2D eigenvalue weighted by Gasteiger charge is 2.14. The minimum Gasteiger partial charge on any atom is -0.508 e. The molecular weight excluding hydrogens is 292 g/mol. The van der Waals surface area contributed by atoms with Gasteiger partial charge in [-0.05, 0) is 29.8 Å². The summed E-state index contributed by atoms with van der Waals surface area (Å²) in [6.07, 6.45) is 1.39. The Morgan fingerprint density at radius 2 is 1.83 bits per heavy atom. The number of carbonyl (C=O) groups excluding carboxylic acids is 1. The van der Waals surface area contributed by atoms with Crippen LogP contribution in [0.25, 0.3) is 11.4 Å². The Morgan fingerprint density at radius 1 is 1.13 bits per heavy atom. The fourth-order valence-corrected chi connectivity index (χ4v) is 2.20. The molecule has 1 heterocycles. The highest BCUT2D eigenvalue weighted by atomic mass is 16.3. The molecule has 0 aliphatic rings. The van der Waals surface area contributed by atoms with Crippen molar-refractivity contribution < 1.29 is 9.90 Å². The Morgan fingerprint density at radius 3 is 2.52 bits per heavy atom. The molecule has 3 aromatic rings. The minimum atomic E-state index is -0.258. The first-order chi connectivity index (χ1) is 11.1. The van der Waals surface area contributed by atoms with Gasteiger partial charge in [-0.15, -0.1) is 5.10 Å². The molecule has 0 radical (unpaired) electrons. The summed E-state index contributed by atoms with van der Waals surface area (Å²) in [6.45, 7) is 0.494. The summed E-state index contributed by atoms with van der Waals surface area (Å²) in [7, 11) is 1.72. The van der Waals surface area contributed by atoms with Crippen LogP contribution in [0.15, 0.2) is 60.9 Å². The summed E-state index contributed by atoms with van der Waals surface area (Å²) in [5.41, 5.74) is 1.78. The number of hydrogen-bond acceptors (Lipinski definition) is 4. The maximum Gasteiger partial charge on any atom is 0.346 e. The molecule has 1 amide bonds. The van der Waals surface area contributed by atoms with Crippen molar-refractivity contribution in [3.05, 3.63) is 66.5 Å². The van der Waals surface area contributed by atoms with Gasteiger partial charge >= 0.3 is 6.03 Å². The SMILES string of the molecule is CN(Cc1ccccc1)C(=O)n1cnc(-c2ccc(O)cc2)n1. The van der Waals surface area contributed by atoms with Crippen molar-refractivity contribution in [3.8, 4) is 17.1 Å². The number of amides is 1. The van der Waals surface area contributed by atoms with Crippen molar-refractivity contribution in [1.82, 2.24) is 19.7 Å². The summed E-state index contributed by atoms with van der Waals surface area (Å²) in [4.78, 5) is 18.1. The standard InChI is InChI=1S/C17H16N4O2/c1-20(11-13-5-3-2-4-6-13)17(23)21-12-18-16(19-21)14-7-9-15(22)10-8-14/h2-10,12,22H,11H2,1H3. The number of nitrogens with zero attached hydrogens (tertiary/aromatic N) is 4. The lowest BCUT2D eigenvalue weighted by molar-refractivity contribution is 0.205. The molecule has 0 aliphatic heterocycles. The average Bonchev–Trinajstić information content (AvgIpc) is 3.05. The van der Waals surface area contributed by atoms with Crippen molar-refractivity contribution in [2.75, 3.05) is 7.05 Å². The summed E-state index contributed by atoms with van der Waals surface area (Å²) in [6, 6.07) is 16.0. The van der Waals surface area contributed by atoms with Crippen LogP contribution in [0.5, 0.6) is 5.75 Å². The number of rotatable bonds is 3. The number of phenols is 1. The van der Waals surface area contributed by atoms with Gasteiger partial charge in [0.1, 0.15) is 12.1 Å². The van der Waals surface area contributed by atoms with E-state index in [0.717, 1.165) is 11.1 Å². The minimum absolute atomic E-state index is 0.173. The molecular formula is C17H16N4O2. The van der Waals surface area contributed by atoms with Crippen LogP contribution in [0.3, 0.4) is 0 Å². The number of carbonyl (C=O) groups is 1. The van der Waals surface area contributed by atoms with Crippen LogP contribution in [0, 0.1) is 0 Å². The van der Waals surface area contributed by atoms with Gasteiger partial charge in [0.2, 0.25) is 0 Å². The molecule has 116 valence electrons. The largest absolute Gasteiger partial charge is 0.508 e. The highest BCUT2D eigenvalue weighted by molar-refractivity contribution is 5.76. The summed E-state index contributed by atoms with van der Waals surface area (Å²) < 4.78 is 1.21. The van der Waals surface area contributed by atoms with E-state index in [4.69, 9.17) is 0 Å². The third kappa shape index (κ3) is 3.37. The molecule has 23 heavy (non-hydrogen) atoms. The molecule has 3 rings (SSSR count). The molecule has 0 fully saturated rings. The zero-order chi connectivity index (χ0) is 16.2. The van der Waals surface area contributed by atoms with Gasteiger partial charge < -0.3 is 10.0 Å². The molecule has 2 aromatic carbocycles. The molecule has 0 saturated heterocycles. The van der Waals surface area contributed by atoms with E-state index < -0.39 is 0 Å². The second kappa shape index (κ2) is 6.31. The molecule has 1 aromatic heterocycles. The van der Waals surface area contributed by atoms with Crippen molar-refractivity contribution in [2.45, 2.75) is 6.54 Å². The fraction of sp³-hybridized carbons (Fsp3) is 0.118. The average molecular weight is 308 g/mol. The van der Waals surface area contributed by atoms with E-state index >= 15 is 0 Å². The molecule has 0 bridgehead atoms. The summed E-state index contributed by atoms with van der Waals surface area (Å²) >= 11 is 0. The predicted octanol–water partition coefficient (Wildman–Crippen LogP) is 2.75. The second-order valence-electron chi connectivity index (χ2n) is 5.18. The van der Waals surface area contributed by atoms with Crippen LogP contribution in [0.2, 0.25) is 0 Å². The Labute approximate surface area is 133 Å². The first-order valence-corrected chi connectivity index (χ1v) is 7.14. The van der Waals surface area contributed by atoms with E-state index in [9.17, 15) is 9.90 Å². The molecule has 6 heteroatoms. The van der Waals surface area contributed by atoms with Crippen molar-refractivity contribution in [2.24, 2.45) is 0 Å². The van der Waals surface area contributed by atoms with E-state index in [1.54, 1.807) is 36.2 Å². The van der Waals surface area contributed by atoms with Crippen LogP contribution in [0.1, 0.15) is 5.56 Å². The quantitative estimate of drug-likeness (QED) is 0.807. The normalized spacial score (nSPS) is 10.5. The van der Waals surface area contributed by atoms with Crippen LogP contribution < -0.4 is 0 Å². The number of hydrogen-bond donors (Lipinski definition) is 1. The molecule has 1 N–H and O–H groups in total. The third-order valence-electron chi connectivity index (χ3n) is 3.40. The molecule has 0 aliphatic carbocycles. The zero-order valence-electron chi connectivity index (χ0n) is 12.6. The Hall–Kier alpha value is -3.15. The molecule has 6 nitrogen and oxygen atoms in total. The first kappa shape index (κ1) is 14.8. The summed E-state index contributed by atoms with van der Waals surface area (Å²) in [5.74, 6) is 0.610. The molecule has 0 unspecified atom stereocenters. The zero-order valence-corrected chi connectivity index (χ0v) is 12.6. The second-order valence-corrected chi connectivity index (χ2v) is 5.18. The topological polar surface area (TPSA) is 71.2 Å². The molecule has 0 spiro atoms. The molecule has 0 atom stereocenters. The van der Waals surface area contributed by atoms with Gasteiger partial charge in [0.25, 0.3) is 0 Å². The van der Waals surface area contributed by atoms with E-state index in [1.165, 1.54) is 11.0 Å². The molecule has 0 saturated carbocycles. The van der Waals surface area contributed by atoms with Crippen LogP contribution >= 0.6 is 0 Å². The van der Waals surface area contributed by atoms with E-state index in [1.807, 2.05) is 30.3 Å². The number of aromatic nitrogens is 3. The van der Waals surface area contributed by atoms with Crippen molar-refractivity contribution in [3.63, 3.8) is 0 Å². The van der Waals surface area contributed by atoms with Crippen molar-refractivity contribution in [1.29, 1.82) is 0 Å². The third-order valence-corrected chi connectivity index (χ3v) is 3.40. The van der Waals surface area contributed by atoms with Gasteiger partial charge in [-0.1, -0.05) is 30.3 Å². The number of aromatic hydroxyl groups is 1. The van der Waals surface area contributed by atoms with Gasteiger partial charge in [-0.2, -0.15) is 4.68 Å². The summed E-state index contributed by atoms with van der Waals surface area (Å²) in [5, 5.41) is 13.5. The van der Waals surface area contributed by atoms with Crippen LogP contribution in [-0.2, 0) is 6.54 Å². The van der Waals surface area contributed by atoms with Crippen LogP contribution in [0.4, 0.5) is 4.79 Å². The van der Waals surface area contributed by atoms with E-state index in [2.05, 4.69) is 10.1 Å². The lowest BCUT2D eigenvalue weighted by Gasteiger charge is -2.16. The highest BCUT2D eigenvalue weighted by Crippen LogP contribution is 2.18. The van der Waals surface area contributed by atoms with Gasteiger partial charge in [-0.25, -0.2) is 9.78 Å². The van der Waals surface area contributed by atoms with Gasteiger partial charge in [0, 0.05) is 19.2 Å². The maximum absolute atomic E-state index is 12.4. The van der Waals surface area contributed by atoms with Gasteiger partial charge in [0.15, 0.2) is 5.82 Å². The Bertz CT molecular complexity index is 797. The van der Waals surface area contributed by atoms with E-state index in [-0.39, 0.29) is 11.8 Å². The number of phenolic OH excluding ortho intramolecular Hbond substituents is 1. The lowest BCUT2D eigenvalue weighted by Crippen LogP contribution is -2.31. The van der Waals surface area contributed by atoms with E-state index in [0.29, 0.717) is 12.4 Å². The first-order valence-electron chi connectivity index (χ1n) is 7.14. The Kier molecular flexibility index (Phi) is 4.05. The van der Waals surface area contributed by atoms with Gasteiger partial charge in [-0.3, -0.25) is 0 Å². The van der Waals surface area contributed by atoms with Gasteiger partial charge in [0.05, 0.1) is 0 Å². The lowest BCUT2D eigenvalue weighted by atomic mass is 10.2. The number of benzene rings is 2. The monoisotopic (exact) mass is 308 g/mol. The predicted molar refractivity (Wildman–Crippen MR) is 85.8 cm³/mol.